The van der Waals surface area contributed by atoms with E-state index in [0.29, 0.717) is 33.1 Å². The van der Waals surface area contributed by atoms with Crippen molar-refractivity contribution in [1.82, 2.24) is 19.1 Å². The Kier molecular flexibility index (Phi) is 9.62. The number of pyridine rings is 2. The second-order valence-electron chi connectivity index (χ2n) is 16.8. The Morgan fingerprint density at radius 3 is 1.24 bits per heavy atom. The van der Waals surface area contributed by atoms with Crippen molar-refractivity contribution in [1.29, 1.82) is 0 Å². The van der Waals surface area contributed by atoms with Crippen LogP contribution < -0.4 is 0 Å². The van der Waals surface area contributed by atoms with Gasteiger partial charge in [-0.25, -0.2) is 18.7 Å². The maximum absolute atomic E-state index is 16.1. The maximum Gasteiger partial charge on any atom is 0.418 e. The Labute approximate surface area is 386 Å². The molecule has 68 heavy (non-hydrogen) atoms. The van der Waals surface area contributed by atoms with Crippen molar-refractivity contribution in [2.24, 2.45) is 0 Å². The highest BCUT2D eigenvalue weighted by Crippen LogP contribution is 2.46. The fourth-order valence-electron chi connectivity index (χ4n) is 9.63. The van der Waals surface area contributed by atoms with Gasteiger partial charge in [-0.2, -0.15) is 13.2 Å². The summed E-state index contributed by atoms with van der Waals surface area (Å²) in [5, 5.41) is 2.98. The highest BCUT2D eigenvalue weighted by Gasteiger charge is 2.37. The van der Waals surface area contributed by atoms with Crippen LogP contribution in [-0.2, 0) is 6.18 Å². The number of rotatable bonds is 7. The van der Waals surface area contributed by atoms with Gasteiger partial charge in [0, 0.05) is 55.4 Å². The normalized spacial score (nSPS) is 11.9. The van der Waals surface area contributed by atoms with Crippen molar-refractivity contribution in [3.05, 3.63) is 230 Å². The maximum atomic E-state index is 16.1. The number of aromatic nitrogens is 4. The number of hydrogen-bond acceptors (Lipinski definition) is 2. The monoisotopic (exact) mass is 894 g/mol. The van der Waals surface area contributed by atoms with E-state index >= 15 is 22.0 Å². The molecule has 0 spiro atoms. The molecular formula is C59H35F5N4. The first-order valence-electron chi connectivity index (χ1n) is 22.0. The topological polar surface area (TPSA) is 35.6 Å². The van der Waals surface area contributed by atoms with E-state index in [4.69, 9.17) is 9.97 Å². The molecule has 4 aromatic heterocycles. The summed E-state index contributed by atoms with van der Waals surface area (Å²) in [7, 11) is 0. The zero-order chi connectivity index (χ0) is 46.1. The van der Waals surface area contributed by atoms with Gasteiger partial charge in [-0.15, -0.1) is 0 Å². The number of nitrogens with zero attached hydrogens (tertiary/aromatic N) is 4. The van der Waals surface area contributed by atoms with Gasteiger partial charge in [-0.3, -0.25) is 0 Å². The summed E-state index contributed by atoms with van der Waals surface area (Å²) in [5.41, 5.74) is 8.01. The molecule has 0 aliphatic carbocycles. The van der Waals surface area contributed by atoms with Crippen LogP contribution in [0.2, 0.25) is 0 Å². The lowest BCUT2D eigenvalue weighted by Crippen LogP contribution is -2.13. The first kappa shape index (κ1) is 40.8. The van der Waals surface area contributed by atoms with E-state index < -0.39 is 23.4 Å². The largest absolute Gasteiger partial charge is 0.418 e. The van der Waals surface area contributed by atoms with Crippen LogP contribution in [-0.4, -0.2) is 19.1 Å². The fraction of sp³-hybridized carbons (Fsp3) is 0.0169. The molecule has 0 amide bonds. The molecular weight excluding hydrogens is 860 g/mol. The minimum absolute atomic E-state index is 0.0735. The Balaban J connectivity index is 1.10. The van der Waals surface area contributed by atoms with Crippen LogP contribution in [0.15, 0.2) is 212 Å². The SMILES string of the molecule is Fc1cc(F)cc(-c2cc(-n3c4ccccc4c4cc(-c5cccc(-c6ccccc6)n5)ccc43)c(C(F)(F)F)cc2-n2c3ccccc3c3cc(-c4cccc(-c5ccccc5)n4)ccc32)c1. The number of halogens is 5. The van der Waals surface area contributed by atoms with Crippen LogP contribution >= 0.6 is 0 Å². The molecule has 0 atom stereocenters. The van der Waals surface area contributed by atoms with E-state index in [1.54, 1.807) is 21.3 Å². The van der Waals surface area contributed by atoms with Gasteiger partial charge in [-0.05, 0) is 90.5 Å². The molecule has 0 aliphatic rings. The van der Waals surface area contributed by atoms with Gasteiger partial charge in [0.25, 0.3) is 0 Å². The first-order valence-corrected chi connectivity index (χ1v) is 22.0. The van der Waals surface area contributed by atoms with Gasteiger partial charge < -0.3 is 9.13 Å². The Morgan fingerprint density at radius 2 is 0.750 bits per heavy atom. The third-order valence-electron chi connectivity index (χ3n) is 12.6. The van der Waals surface area contributed by atoms with Crippen molar-refractivity contribution >= 4 is 43.6 Å². The van der Waals surface area contributed by atoms with Crippen molar-refractivity contribution < 1.29 is 22.0 Å². The molecule has 0 unspecified atom stereocenters. The third-order valence-corrected chi connectivity index (χ3v) is 12.6. The van der Waals surface area contributed by atoms with E-state index in [1.165, 1.54) is 6.07 Å². The van der Waals surface area contributed by atoms with E-state index in [1.807, 2.05) is 170 Å². The van der Waals surface area contributed by atoms with Crippen LogP contribution in [0.1, 0.15) is 5.56 Å². The summed E-state index contributed by atoms with van der Waals surface area (Å²) in [6.45, 7) is 0. The Morgan fingerprint density at radius 1 is 0.324 bits per heavy atom. The molecule has 0 fully saturated rings. The molecule has 12 aromatic rings. The lowest BCUT2D eigenvalue weighted by atomic mass is 9.98. The molecule has 4 heterocycles. The van der Waals surface area contributed by atoms with Gasteiger partial charge >= 0.3 is 6.18 Å². The van der Waals surface area contributed by atoms with Crippen LogP contribution in [0, 0.1) is 11.6 Å². The Hall–Kier alpha value is -8.69. The lowest BCUT2D eigenvalue weighted by Gasteiger charge is -2.22. The average molecular weight is 895 g/mol. The highest BCUT2D eigenvalue weighted by atomic mass is 19.4. The molecule has 0 radical (unpaired) electrons. The molecule has 0 saturated carbocycles. The fourth-order valence-corrected chi connectivity index (χ4v) is 9.63. The highest BCUT2D eigenvalue weighted by molar-refractivity contribution is 6.12. The van der Waals surface area contributed by atoms with Crippen LogP contribution in [0.3, 0.4) is 0 Å². The molecule has 0 aliphatic heterocycles. The smallest absolute Gasteiger partial charge is 0.309 e. The first-order chi connectivity index (χ1) is 33.2. The predicted octanol–water partition coefficient (Wildman–Crippen LogP) is 16.3. The standard InChI is InChI=1S/C59H35F5N4/c60-41-29-40(30-42(61)33-41)45-34-58(68-54-24-10-8-18-44(54)47-32-39(26-28-56(47)68)52-22-12-20-50(66-52)37-15-5-2-6-16-37)48(59(62,63)64)35-57(45)67-53-23-9-7-17-43(53)46-31-38(25-27-55(46)67)51-21-11-19-49(65-51)36-13-3-1-4-14-36/h1-35H. The van der Waals surface area contributed by atoms with Crippen molar-refractivity contribution in [3.63, 3.8) is 0 Å². The summed E-state index contributed by atoms with van der Waals surface area (Å²) in [6, 6.07) is 63.0. The van der Waals surface area contributed by atoms with Crippen LogP contribution in [0.4, 0.5) is 22.0 Å². The van der Waals surface area contributed by atoms with Gasteiger partial charge in [0.05, 0.1) is 61.8 Å². The molecule has 4 nitrogen and oxygen atoms in total. The average Bonchev–Trinajstić information content (AvgIpc) is 3.88. The molecule has 0 N–H and O–H groups in total. The van der Waals surface area contributed by atoms with E-state index in [9.17, 15) is 0 Å². The van der Waals surface area contributed by atoms with Crippen molar-refractivity contribution in [2.45, 2.75) is 6.18 Å². The minimum atomic E-state index is -4.88. The van der Waals surface area contributed by atoms with Crippen molar-refractivity contribution in [2.75, 3.05) is 0 Å². The number of alkyl halides is 3. The zero-order valence-corrected chi connectivity index (χ0v) is 35.9. The quantitative estimate of drug-likeness (QED) is 0.149. The molecule has 9 heteroatoms. The molecule has 0 saturated heterocycles. The second kappa shape index (κ2) is 16.0. The van der Waals surface area contributed by atoms with Gasteiger partial charge in [0.15, 0.2) is 0 Å². The summed E-state index contributed by atoms with van der Waals surface area (Å²) in [5.74, 6) is -1.72. The van der Waals surface area contributed by atoms with Gasteiger partial charge in [0.1, 0.15) is 11.6 Å². The number of fused-ring (bicyclic) bond motifs is 6. The molecule has 8 aromatic carbocycles. The molecule has 326 valence electrons. The zero-order valence-electron chi connectivity index (χ0n) is 35.9. The minimum Gasteiger partial charge on any atom is -0.309 e. The molecule has 0 bridgehead atoms. The summed E-state index contributed by atoms with van der Waals surface area (Å²) >= 11 is 0. The second-order valence-corrected chi connectivity index (χ2v) is 16.8. The summed E-state index contributed by atoms with van der Waals surface area (Å²) in [6.07, 6.45) is -4.88. The summed E-state index contributed by atoms with van der Waals surface area (Å²) in [4.78, 5) is 9.94. The van der Waals surface area contributed by atoms with Crippen LogP contribution in [0.25, 0.3) is 111 Å². The number of para-hydroxylation sites is 2. The number of hydrogen-bond donors (Lipinski definition) is 0. The van der Waals surface area contributed by atoms with Crippen molar-refractivity contribution in [3.8, 4) is 67.5 Å². The van der Waals surface area contributed by atoms with Crippen LogP contribution in [0.5, 0.6) is 0 Å². The van der Waals surface area contributed by atoms with Gasteiger partial charge in [-0.1, -0.05) is 121 Å². The summed E-state index contributed by atoms with van der Waals surface area (Å²) < 4.78 is 82.2. The van der Waals surface area contributed by atoms with Gasteiger partial charge in [0.2, 0.25) is 0 Å². The van der Waals surface area contributed by atoms with E-state index in [-0.39, 0.29) is 22.5 Å². The van der Waals surface area contributed by atoms with E-state index in [0.717, 1.165) is 79.8 Å². The predicted molar refractivity (Wildman–Crippen MR) is 263 cm³/mol. The Bertz CT molecular complexity index is 3910. The lowest BCUT2D eigenvalue weighted by molar-refractivity contribution is -0.137. The molecule has 12 rings (SSSR count). The van der Waals surface area contributed by atoms with E-state index in [2.05, 4.69) is 0 Å². The number of benzene rings is 8. The third kappa shape index (κ3) is 6.98.